The Morgan fingerprint density at radius 2 is 2.24 bits per heavy atom. The van der Waals surface area contributed by atoms with E-state index >= 15 is 4.39 Å². The fraction of sp³-hybridized carbons (Fsp3) is 0.250. The van der Waals surface area contributed by atoms with Gasteiger partial charge in [0.25, 0.3) is 5.56 Å². The van der Waals surface area contributed by atoms with E-state index in [1.54, 1.807) is 18.2 Å². The van der Waals surface area contributed by atoms with Crippen LogP contribution in [-0.4, -0.2) is 25.6 Å². The molecule has 1 saturated carbocycles. The number of hydrogen-bond donors (Lipinski definition) is 2. The van der Waals surface area contributed by atoms with Crippen LogP contribution >= 0.6 is 0 Å². The number of aromatic nitrogens is 4. The average molecular weight is 445 g/mol. The normalized spacial score (nSPS) is 17.2. The molecule has 1 aliphatic carbocycles. The summed E-state index contributed by atoms with van der Waals surface area (Å²) in [6, 6.07) is 8.16. The summed E-state index contributed by atoms with van der Waals surface area (Å²) >= 11 is 0. The van der Waals surface area contributed by atoms with Gasteiger partial charge in [0.2, 0.25) is 0 Å². The molecule has 9 heteroatoms. The first kappa shape index (κ1) is 16.6. The Morgan fingerprint density at radius 3 is 2.97 bits per heavy atom. The lowest BCUT2D eigenvalue weighted by Crippen LogP contribution is -2.13. The molecule has 0 bridgehead atoms. The molecule has 1 aliphatic heterocycles. The number of fused-ring (bicyclic) bond motifs is 2. The number of H-pyrrole nitrogens is 1. The quantitative estimate of drug-likeness (QED) is 0.500. The van der Waals surface area contributed by atoms with Crippen molar-refractivity contribution in [3.05, 3.63) is 63.5 Å². The number of benzene rings is 2. The summed E-state index contributed by atoms with van der Waals surface area (Å²) in [7, 11) is 0. The van der Waals surface area contributed by atoms with Crippen LogP contribution in [0.25, 0.3) is 33.2 Å². The van der Waals surface area contributed by atoms with Crippen LogP contribution in [-0.2, 0) is 19.9 Å². The summed E-state index contributed by atoms with van der Waals surface area (Å²) < 4.78 is 46.6. The van der Waals surface area contributed by atoms with Crippen molar-refractivity contribution in [2.45, 2.75) is 31.4 Å². The smallest absolute Gasteiger partial charge is 0.272 e. The van der Waals surface area contributed by atoms with Crippen molar-refractivity contribution in [3.63, 3.8) is 0 Å². The van der Waals surface area contributed by atoms with Crippen molar-refractivity contribution in [1.82, 2.24) is 20.0 Å². The Bertz CT molecular complexity index is 1680. The second-order valence-electron chi connectivity index (χ2n) is 8.45. The van der Waals surface area contributed by atoms with Crippen molar-refractivity contribution in [1.29, 1.82) is 5.26 Å². The highest BCUT2D eigenvalue weighted by Crippen LogP contribution is 2.53. The van der Waals surface area contributed by atoms with Gasteiger partial charge >= 0.3 is 0 Å². The molecule has 0 atom stereocenters. The van der Waals surface area contributed by atoms with Gasteiger partial charge in [0.05, 0.1) is 28.5 Å². The van der Waals surface area contributed by atoms with Crippen LogP contribution in [0.15, 0.2) is 35.3 Å². The number of nitrogens with zero attached hydrogens (tertiary/aromatic N) is 4. The summed E-state index contributed by atoms with van der Waals surface area (Å²) in [4.78, 5) is 12.3. The Labute approximate surface area is 191 Å². The van der Waals surface area contributed by atoms with Crippen LogP contribution in [0, 0.1) is 17.1 Å². The molecular formula is C24H19FN6O2. The van der Waals surface area contributed by atoms with Crippen molar-refractivity contribution >= 4 is 10.8 Å². The third-order valence-electron chi connectivity index (χ3n) is 6.44. The van der Waals surface area contributed by atoms with Gasteiger partial charge in [0.15, 0.2) is 0 Å². The van der Waals surface area contributed by atoms with E-state index in [2.05, 4.69) is 15.3 Å². The zero-order valence-corrected chi connectivity index (χ0v) is 17.3. The van der Waals surface area contributed by atoms with Crippen LogP contribution in [0.5, 0.6) is 5.75 Å². The van der Waals surface area contributed by atoms with Crippen LogP contribution in [0.1, 0.15) is 33.8 Å². The molecule has 0 unspecified atom stereocenters. The second-order valence-corrected chi connectivity index (χ2v) is 8.45. The molecule has 0 radical (unpaired) electrons. The molecule has 4 aromatic rings. The number of nitrogens with one attached hydrogen (secondary N) is 1. The van der Waals surface area contributed by atoms with Gasteiger partial charge in [-0.15, -0.1) is 0 Å². The second kappa shape index (κ2) is 6.73. The van der Waals surface area contributed by atoms with E-state index in [1.165, 1.54) is 12.3 Å². The van der Waals surface area contributed by atoms with Gasteiger partial charge in [-0.3, -0.25) is 9.48 Å². The maximum Gasteiger partial charge on any atom is 0.272 e. The number of nitrogens with two attached hydrogens (primary N) is 1. The van der Waals surface area contributed by atoms with Crippen LogP contribution in [0.3, 0.4) is 0 Å². The summed E-state index contributed by atoms with van der Waals surface area (Å²) in [5, 5.41) is 21.3. The highest BCUT2D eigenvalue weighted by Gasteiger charge is 2.51. The van der Waals surface area contributed by atoms with Crippen molar-refractivity contribution in [2.24, 2.45) is 12.7 Å². The zero-order valence-electron chi connectivity index (χ0n) is 20.3. The van der Waals surface area contributed by atoms with Gasteiger partial charge in [0, 0.05) is 40.6 Å². The van der Waals surface area contributed by atoms with Crippen molar-refractivity contribution in [3.8, 4) is 34.2 Å². The van der Waals surface area contributed by atoms with Crippen LogP contribution < -0.4 is 16.0 Å². The van der Waals surface area contributed by atoms with Gasteiger partial charge in [-0.25, -0.2) is 9.49 Å². The monoisotopic (exact) mass is 445 g/mol. The highest BCUT2D eigenvalue weighted by atomic mass is 19.1. The van der Waals surface area contributed by atoms with E-state index in [-0.39, 0.29) is 34.7 Å². The standard InChI is InChI=1S/C24H19FN6O2/c1-31-21(20-16(9-26)22-13(7-18(20)25)8-24(33-22)4-5-24)17(11-28-31)12-2-3-14-15(6-12)19(10-27)29-30-23(14)32/h2-3,6-7,11H,4-5,8,10,27H2,1H3,(H,30,32)/i1D3. The SMILES string of the molecule is [2H]C([2H])([2H])n1ncc(-c2ccc3c(=O)[nH]nc(CN)c3c2)c1-c1c(F)cc2c(c1C#N)OC1(CC1)C2. The van der Waals surface area contributed by atoms with Crippen LogP contribution in [0.2, 0.25) is 0 Å². The Hall–Kier alpha value is -4.03. The fourth-order valence-electron chi connectivity index (χ4n) is 4.63. The molecule has 2 aliphatic rings. The lowest BCUT2D eigenvalue weighted by Gasteiger charge is -2.14. The third-order valence-corrected chi connectivity index (χ3v) is 6.44. The summed E-state index contributed by atoms with van der Waals surface area (Å²) in [6.45, 7) is -2.71. The van der Waals surface area contributed by atoms with E-state index in [4.69, 9.17) is 14.6 Å². The molecule has 3 N–H and O–H groups in total. The first-order chi connectivity index (χ1) is 17.2. The lowest BCUT2D eigenvalue weighted by molar-refractivity contribution is 0.210. The Balaban J connectivity index is 1.64. The minimum atomic E-state index is -2.76. The molecule has 6 rings (SSSR count). The average Bonchev–Trinajstić information content (AvgIpc) is 3.27. The highest BCUT2D eigenvalue weighted by molar-refractivity contribution is 5.92. The van der Waals surface area contributed by atoms with Gasteiger partial charge in [-0.1, -0.05) is 6.07 Å². The molecule has 1 fully saturated rings. The van der Waals surface area contributed by atoms with Crippen molar-refractivity contribution in [2.75, 3.05) is 0 Å². The number of rotatable bonds is 3. The Morgan fingerprint density at radius 1 is 1.39 bits per heavy atom. The van der Waals surface area contributed by atoms with Gasteiger partial charge in [-0.2, -0.15) is 15.5 Å². The molecule has 8 nitrogen and oxygen atoms in total. The summed E-state index contributed by atoms with van der Waals surface area (Å²) in [6.07, 6.45) is 3.45. The minimum Gasteiger partial charge on any atom is -0.485 e. The number of halogens is 1. The number of nitriles is 1. The molecule has 3 heterocycles. The summed E-state index contributed by atoms with van der Waals surface area (Å²) in [5.74, 6) is -0.448. The minimum absolute atomic E-state index is 0.0508. The molecule has 164 valence electrons. The number of aryl methyl sites for hydroxylation is 1. The van der Waals surface area contributed by atoms with E-state index < -0.39 is 24.0 Å². The predicted octanol–water partition coefficient (Wildman–Crippen LogP) is 2.93. The molecule has 1 spiro atoms. The maximum absolute atomic E-state index is 15.7. The van der Waals surface area contributed by atoms with E-state index in [9.17, 15) is 10.1 Å². The number of ether oxygens (including phenoxy) is 1. The summed E-state index contributed by atoms with van der Waals surface area (Å²) in [5.41, 5.74) is 6.40. The first-order valence-corrected chi connectivity index (χ1v) is 10.4. The molecule has 33 heavy (non-hydrogen) atoms. The van der Waals surface area contributed by atoms with Gasteiger partial charge in [-0.05, 0) is 36.6 Å². The van der Waals surface area contributed by atoms with Gasteiger partial charge < -0.3 is 10.5 Å². The van der Waals surface area contributed by atoms with Crippen LogP contribution in [0.4, 0.5) is 4.39 Å². The lowest BCUT2D eigenvalue weighted by atomic mass is 9.93. The maximum atomic E-state index is 15.7. The molecule has 0 saturated heterocycles. The predicted molar refractivity (Wildman–Crippen MR) is 119 cm³/mol. The fourth-order valence-corrected chi connectivity index (χ4v) is 4.63. The topological polar surface area (TPSA) is 123 Å². The molecule has 0 amide bonds. The van der Waals surface area contributed by atoms with Gasteiger partial charge in [0.1, 0.15) is 28.8 Å². The zero-order chi connectivity index (χ0) is 25.4. The van der Waals surface area contributed by atoms with E-state index in [0.29, 0.717) is 34.0 Å². The first-order valence-electron chi connectivity index (χ1n) is 11.9. The molecular weight excluding hydrogens is 423 g/mol. The van der Waals surface area contributed by atoms with Crippen molar-refractivity contribution < 1.29 is 13.2 Å². The molecule has 2 aromatic carbocycles. The number of aromatic amines is 1. The van der Waals surface area contributed by atoms with E-state index in [0.717, 1.165) is 17.5 Å². The Kier molecular flexibility index (Phi) is 3.38. The number of hydrogen-bond acceptors (Lipinski definition) is 6. The van der Waals surface area contributed by atoms with E-state index in [1.807, 2.05) is 6.07 Å². The third kappa shape index (κ3) is 2.81. The largest absolute Gasteiger partial charge is 0.485 e. The molecule has 2 aromatic heterocycles.